The van der Waals surface area contributed by atoms with Gasteiger partial charge < -0.3 is 45.1 Å². The molecule has 11 nitrogen and oxygen atoms in total. The van der Waals surface area contributed by atoms with E-state index in [1.807, 2.05) is 18.2 Å². The highest BCUT2D eigenvalue weighted by Gasteiger charge is 2.47. The van der Waals surface area contributed by atoms with E-state index in [-0.39, 0.29) is 19.4 Å². The highest BCUT2D eigenvalue weighted by molar-refractivity contribution is 5.80. The molecule has 1 aliphatic heterocycles. The lowest BCUT2D eigenvalue weighted by molar-refractivity contribution is -0.305. The van der Waals surface area contributed by atoms with Crippen molar-refractivity contribution in [1.29, 1.82) is 0 Å². The van der Waals surface area contributed by atoms with Crippen LogP contribution < -0.4 is 5.32 Å². The van der Waals surface area contributed by atoms with Crippen molar-refractivity contribution in [2.45, 2.75) is 262 Å². The Morgan fingerprint density at radius 3 is 1.50 bits per heavy atom. The Morgan fingerprint density at radius 1 is 0.556 bits per heavy atom. The van der Waals surface area contributed by atoms with Gasteiger partial charge in [-0.05, 0) is 89.9 Å². The van der Waals surface area contributed by atoms with Crippen LogP contribution in [0.3, 0.4) is 0 Å². The van der Waals surface area contributed by atoms with Crippen molar-refractivity contribution in [3.63, 3.8) is 0 Å². The van der Waals surface area contributed by atoms with Gasteiger partial charge in [-0.25, -0.2) is 0 Å². The fraction of sp³-hybridized carbons (Fsp3) is 0.705. The Morgan fingerprint density at radius 2 is 1.00 bits per heavy atom. The van der Waals surface area contributed by atoms with Gasteiger partial charge in [-0.3, -0.25) is 9.59 Å². The zero-order chi connectivity index (χ0) is 52.5. The molecule has 0 aliphatic carbocycles. The van der Waals surface area contributed by atoms with Crippen molar-refractivity contribution in [2.24, 2.45) is 0 Å². The zero-order valence-corrected chi connectivity index (χ0v) is 45.3. The number of hydrogen-bond donors (Lipinski definition) is 6. The monoisotopic (exact) mass is 1010 g/mol. The van der Waals surface area contributed by atoms with Crippen LogP contribution in [0.15, 0.2) is 97.2 Å². The summed E-state index contributed by atoms with van der Waals surface area (Å²) in [4.78, 5) is 26.4. The number of carbonyl (C=O) groups is 2. The molecule has 0 spiro atoms. The van der Waals surface area contributed by atoms with Crippen molar-refractivity contribution < 1.29 is 49.3 Å². The maximum atomic E-state index is 13.4. The summed E-state index contributed by atoms with van der Waals surface area (Å²) in [5, 5.41) is 56.8. The molecular formula is C61H103NO10. The molecule has 1 fully saturated rings. The van der Waals surface area contributed by atoms with Gasteiger partial charge in [0.1, 0.15) is 24.4 Å². The SMILES string of the molecule is CC/C=C\C/C=C\C/C=C\C/C=C\C/C=C\CCCC(=O)OC1C(OCC(NC(=O)C(O)CCCCCCCC/C=C/C/C=C/CC)C(O)/C=C/CCCCCCCCCCCCC)OC(CO)C(O)C1O. The Labute approximate surface area is 437 Å². The second-order valence-electron chi connectivity index (χ2n) is 19.3. The fourth-order valence-corrected chi connectivity index (χ4v) is 8.25. The summed E-state index contributed by atoms with van der Waals surface area (Å²) in [6.45, 7) is 5.51. The Hall–Kier alpha value is -3.42. The van der Waals surface area contributed by atoms with E-state index in [0.717, 1.165) is 109 Å². The number of allylic oxidation sites excluding steroid dienone is 15. The summed E-state index contributed by atoms with van der Waals surface area (Å²) < 4.78 is 17.5. The number of amides is 1. The van der Waals surface area contributed by atoms with E-state index in [0.29, 0.717) is 19.3 Å². The van der Waals surface area contributed by atoms with Crippen molar-refractivity contribution in [1.82, 2.24) is 5.32 Å². The molecule has 72 heavy (non-hydrogen) atoms. The van der Waals surface area contributed by atoms with Crippen LogP contribution in [0.4, 0.5) is 0 Å². The first kappa shape index (κ1) is 66.6. The number of rotatable bonds is 46. The largest absolute Gasteiger partial charge is 0.454 e. The fourth-order valence-electron chi connectivity index (χ4n) is 8.25. The minimum absolute atomic E-state index is 0.0397. The van der Waals surface area contributed by atoms with Gasteiger partial charge >= 0.3 is 5.97 Å². The molecule has 0 saturated carbocycles. The third-order valence-corrected chi connectivity index (χ3v) is 12.7. The van der Waals surface area contributed by atoms with Gasteiger partial charge in [0.2, 0.25) is 5.91 Å². The van der Waals surface area contributed by atoms with Crippen molar-refractivity contribution >= 4 is 11.9 Å². The number of nitrogens with one attached hydrogen (secondary N) is 1. The van der Waals surface area contributed by atoms with Gasteiger partial charge in [0.25, 0.3) is 0 Å². The van der Waals surface area contributed by atoms with Gasteiger partial charge in [0.15, 0.2) is 12.4 Å². The summed E-state index contributed by atoms with van der Waals surface area (Å²) in [5.41, 5.74) is 0. The molecule has 1 amide bonds. The predicted octanol–water partition coefficient (Wildman–Crippen LogP) is 12.8. The van der Waals surface area contributed by atoms with E-state index in [2.05, 4.69) is 99.0 Å². The van der Waals surface area contributed by atoms with E-state index in [4.69, 9.17) is 14.2 Å². The molecule has 6 N–H and O–H groups in total. The average molecular weight is 1010 g/mol. The van der Waals surface area contributed by atoms with Crippen LogP contribution in [-0.2, 0) is 23.8 Å². The summed E-state index contributed by atoms with van der Waals surface area (Å²) in [6, 6.07) is -1.04. The van der Waals surface area contributed by atoms with Crippen molar-refractivity contribution in [2.75, 3.05) is 13.2 Å². The van der Waals surface area contributed by atoms with Crippen LogP contribution in [0.1, 0.15) is 213 Å². The average Bonchev–Trinajstić information content (AvgIpc) is 3.38. The summed E-state index contributed by atoms with van der Waals surface area (Å²) >= 11 is 0. The quantitative estimate of drug-likeness (QED) is 0.0196. The second-order valence-corrected chi connectivity index (χ2v) is 19.3. The lowest BCUT2D eigenvalue weighted by Gasteiger charge is -2.41. The highest BCUT2D eigenvalue weighted by Crippen LogP contribution is 2.26. The predicted molar refractivity (Wildman–Crippen MR) is 296 cm³/mol. The smallest absolute Gasteiger partial charge is 0.306 e. The molecule has 1 saturated heterocycles. The van der Waals surface area contributed by atoms with Gasteiger partial charge in [0.05, 0.1) is 25.4 Å². The zero-order valence-electron chi connectivity index (χ0n) is 45.3. The summed E-state index contributed by atoms with van der Waals surface area (Å²) in [5.74, 6) is -1.27. The van der Waals surface area contributed by atoms with Crippen LogP contribution in [-0.4, -0.2) is 99.6 Å². The number of esters is 1. The topological polar surface area (TPSA) is 175 Å². The normalized spacial score (nSPS) is 20.2. The molecule has 8 atom stereocenters. The Kier molecular flexibility index (Phi) is 44.9. The number of unbranched alkanes of at least 4 members (excludes halogenated alkanes) is 18. The molecule has 0 aromatic heterocycles. The Balaban J connectivity index is 2.79. The minimum Gasteiger partial charge on any atom is -0.454 e. The Bertz CT molecular complexity index is 1530. The molecular weight excluding hydrogens is 907 g/mol. The molecule has 0 bridgehead atoms. The highest BCUT2D eigenvalue weighted by atomic mass is 16.7. The standard InChI is InChI=1S/C61H103NO10/c1-4-7-10-13-16-19-22-25-26-27-28-31-34-37-40-43-46-49-56(66)72-59-58(68)57(67)55(50-63)71-61(59)70-51-52(53(64)47-44-41-38-35-32-29-23-20-17-14-11-8-5-2)62-60(69)54(65)48-45-42-39-36-33-30-24-21-18-15-12-9-6-3/h7,9-10,12,16,18-19,21,25-26,28,31,37,40,44,47,52-55,57-59,61,63-65,67-68H,4-6,8,11,13-15,17,20,22-24,27,29-30,32-36,38-39,41-43,45-46,48-51H2,1-3H3,(H,62,69)/b10-7-,12-9+,19-16-,21-18+,26-25-,31-28-,40-37-,47-44+. The van der Waals surface area contributed by atoms with Crippen LogP contribution in [0.5, 0.6) is 0 Å². The third kappa shape index (κ3) is 36.5. The van der Waals surface area contributed by atoms with Crippen LogP contribution >= 0.6 is 0 Å². The first-order valence-electron chi connectivity index (χ1n) is 28.5. The lowest BCUT2D eigenvalue weighted by atomic mass is 9.99. The van der Waals surface area contributed by atoms with Crippen LogP contribution in [0.2, 0.25) is 0 Å². The number of aliphatic hydroxyl groups excluding tert-OH is 5. The van der Waals surface area contributed by atoms with Crippen molar-refractivity contribution in [3.8, 4) is 0 Å². The van der Waals surface area contributed by atoms with E-state index in [9.17, 15) is 35.1 Å². The maximum Gasteiger partial charge on any atom is 0.306 e. The van der Waals surface area contributed by atoms with Gasteiger partial charge in [-0.1, -0.05) is 214 Å². The maximum absolute atomic E-state index is 13.4. The molecule has 1 rings (SSSR count). The van der Waals surface area contributed by atoms with Gasteiger partial charge in [0, 0.05) is 6.42 Å². The van der Waals surface area contributed by atoms with Gasteiger partial charge in [-0.2, -0.15) is 0 Å². The van der Waals surface area contributed by atoms with Gasteiger partial charge in [-0.15, -0.1) is 0 Å². The number of aliphatic hydroxyl groups is 5. The molecule has 1 heterocycles. The minimum atomic E-state index is -1.64. The molecule has 8 unspecified atom stereocenters. The molecule has 11 heteroatoms. The summed E-state index contributed by atoms with van der Waals surface area (Å²) in [6.07, 6.45) is 53.1. The second kappa shape index (κ2) is 48.5. The van der Waals surface area contributed by atoms with Crippen LogP contribution in [0.25, 0.3) is 0 Å². The molecule has 412 valence electrons. The molecule has 1 aliphatic rings. The lowest BCUT2D eigenvalue weighted by Crippen LogP contribution is -2.61. The first-order chi connectivity index (χ1) is 35.2. The molecule has 0 aromatic carbocycles. The third-order valence-electron chi connectivity index (χ3n) is 12.7. The van der Waals surface area contributed by atoms with Crippen molar-refractivity contribution in [3.05, 3.63) is 97.2 Å². The van der Waals surface area contributed by atoms with E-state index >= 15 is 0 Å². The van der Waals surface area contributed by atoms with Crippen LogP contribution in [0, 0.1) is 0 Å². The summed E-state index contributed by atoms with van der Waals surface area (Å²) in [7, 11) is 0. The first-order valence-corrected chi connectivity index (χ1v) is 28.5. The number of ether oxygens (including phenoxy) is 3. The van der Waals surface area contributed by atoms with E-state index in [1.165, 1.54) is 51.4 Å². The van der Waals surface area contributed by atoms with E-state index < -0.39 is 67.4 Å². The number of hydrogen-bond acceptors (Lipinski definition) is 10. The number of carbonyl (C=O) groups excluding carboxylic acids is 2. The van der Waals surface area contributed by atoms with E-state index in [1.54, 1.807) is 6.08 Å². The molecule has 0 radical (unpaired) electrons. The molecule has 0 aromatic rings.